The number of benzene rings is 2. The molecular weight excluding hydrogens is 343 g/mol. The molecule has 0 heterocycles. The Morgan fingerprint density at radius 3 is 2.52 bits per heavy atom. The van der Waals surface area contributed by atoms with Crippen LogP contribution in [0.3, 0.4) is 0 Å². The number of nitrogens with zero attached hydrogens (tertiary/aromatic N) is 1. The average molecular weight is 359 g/mol. The van der Waals surface area contributed by atoms with Gasteiger partial charge in [-0.05, 0) is 61.9 Å². The van der Waals surface area contributed by atoms with Crippen LogP contribution < -0.4 is 10.1 Å². The molecule has 4 nitrogen and oxygen atoms in total. The van der Waals surface area contributed by atoms with Gasteiger partial charge in [0.15, 0.2) is 0 Å². The van der Waals surface area contributed by atoms with Crippen molar-refractivity contribution in [1.29, 1.82) is 5.26 Å². The van der Waals surface area contributed by atoms with Crippen molar-refractivity contribution >= 4 is 29.3 Å². The Hall–Kier alpha value is -2.84. The standard InChI is InChI=1S/C19H16ClFN2O2/c1-12(2)25-18-8-3-13(10-17(18)20)9-14(11-22)19(24)23-16-6-4-15(21)5-7-16/h3-10,12H,1-2H3,(H,23,24)/b14-9+. The van der Waals surface area contributed by atoms with Gasteiger partial charge in [-0.1, -0.05) is 17.7 Å². The molecule has 0 aromatic heterocycles. The molecule has 0 aliphatic heterocycles. The van der Waals surface area contributed by atoms with E-state index in [0.29, 0.717) is 22.0 Å². The van der Waals surface area contributed by atoms with Crippen molar-refractivity contribution in [2.45, 2.75) is 20.0 Å². The van der Waals surface area contributed by atoms with Gasteiger partial charge in [0.2, 0.25) is 0 Å². The maximum atomic E-state index is 12.9. The minimum Gasteiger partial charge on any atom is -0.489 e. The molecule has 0 aliphatic rings. The third kappa shape index (κ3) is 5.33. The Bertz CT molecular complexity index is 839. The lowest BCUT2D eigenvalue weighted by Crippen LogP contribution is -2.13. The van der Waals surface area contributed by atoms with Crippen molar-refractivity contribution in [1.82, 2.24) is 0 Å². The molecule has 128 valence electrons. The quantitative estimate of drug-likeness (QED) is 0.616. The summed E-state index contributed by atoms with van der Waals surface area (Å²) in [7, 11) is 0. The summed E-state index contributed by atoms with van der Waals surface area (Å²) in [5.41, 5.74) is 0.885. The van der Waals surface area contributed by atoms with E-state index in [-0.39, 0.29) is 11.7 Å². The molecule has 2 aromatic rings. The lowest BCUT2D eigenvalue weighted by molar-refractivity contribution is -0.112. The molecule has 25 heavy (non-hydrogen) atoms. The Kier molecular flexibility index (Phi) is 6.15. The fourth-order valence-electron chi connectivity index (χ4n) is 2.00. The number of nitriles is 1. The number of carbonyl (C=O) groups excluding carboxylic acids is 1. The van der Waals surface area contributed by atoms with Crippen LogP contribution in [0, 0.1) is 17.1 Å². The summed E-state index contributed by atoms with van der Waals surface area (Å²) >= 11 is 6.15. The van der Waals surface area contributed by atoms with Crippen molar-refractivity contribution in [3.8, 4) is 11.8 Å². The zero-order chi connectivity index (χ0) is 18.4. The minimum atomic E-state index is -0.590. The van der Waals surface area contributed by atoms with Crippen LogP contribution in [-0.4, -0.2) is 12.0 Å². The molecule has 0 saturated heterocycles. The van der Waals surface area contributed by atoms with E-state index < -0.39 is 11.7 Å². The van der Waals surface area contributed by atoms with Gasteiger partial charge < -0.3 is 10.1 Å². The summed E-state index contributed by atoms with van der Waals surface area (Å²) in [4.78, 5) is 12.2. The van der Waals surface area contributed by atoms with Crippen LogP contribution in [0.1, 0.15) is 19.4 Å². The summed E-state index contributed by atoms with van der Waals surface area (Å²) in [6.07, 6.45) is 1.40. The smallest absolute Gasteiger partial charge is 0.266 e. The van der Waals surface area contributed by atoms with Gasteiger partial charge >= 0.3 is 0 Å². The van der Waals surface area contributed by atoms with Crippen molar-refractivity contribution in [3.05, 3.63) is 64.4 Å². The normalized spacial score (nSPS) is 11.1. The highest BCUT2D eigenvalue weighted by Crippen LogP contribution is 2.27. The fourth-order valence-corrected chi connectivity index (χ4v) is 2.24. The Morgan fingerprint density at radius 1 is 1.28 bits per heavy atom. The second-order valence-corrected chi connectivity index (χ2v) is 5.89. The molecule has 0 radical (unpaired) electrons. The number of anilines is 1. The Balaban J connectivity index is 2.19. The lowest BCUT2D eigenvalue weighted by Gasteiger charge is -2.11. The van der Waals surface area contributed by atoms with Crippen LogP contribution in [0.15, 0.2) is 48.0 Å². The van der Waals surface area contributed by atoms with E-state index in [4.69, 9.17) is 16.3 Å². The van der Waals surface area contributed by atoms with E-state index in [2.05, 4.69) is 5.32 Å². The first kappa shape index (κ1) is 18.5. The first-order valence-electron chi connectivity index (χ1n) is 7.54. The molecule has 0 fully saturated rings. The highest BCUT2D eigenvalue weighted by atomic mass is 35.5. The van der Waals surface area contributed by atoms with Crippen LogP contribution in [0.25, 0.3) is 6.08 Å². The predicted molar refractivity (Wildman–Crippen MR) is 95.8 cm³/mol. The zero-order valence-electron chi connectivity index (χ0n) is 13.7. The molecule has 0 saturated carbocycles. The number of hydrogen-bond donors (Lipinski definition) is 1. The van der Waals surface area contributed by atoms with E-state index in [1.807, 2.05) is 19.9 Å². The van der Waals surface area contributed by atoms with Gasteiger partial charge in [-0.3, -0.25) is 4.79 Å². The van der Waals surface area contributed by atoms with Crippen LogP contribution in [-0.2, 0) is 4.79 Å². The first-order valence-corrected chi connectivity index (χ1v) is 7.91. The average Bonchev–Trinajstić information content (AvgIpc) is 2.56. The second-order valence-electron chi connectivity index (χ2n) is 5.49. The number of ether oxygens (including phenoxy) is 1. The number of nitrogens with one attached hydrogen (secondary N) is 1. The molecule has 2 rings (SSSR count). The van der Waals surface area contributed by atoms with E-state index in [1.165, 1.54) is 30.3 Å². The second kappa shape index (κ2) is 8.32. The van der Waals surface area contributed by atoms with Crippen molar-refractivity contribution in [2.75, 3.05) is 5.32 Å². The van der Waals surface area contributed by atoms with Gasteiger partial charge in [0.1, 0.15) is 23.2 Å². The molecule has 6 heteroatoms. The van der Waals surface area contributed by atoms with Crippen molar-refractivity contribution in [2.24, 2.45) is 0 Å². The zero-order valence-corrected chi connectivity index (χ0v) is 14.5. The molecule has 1 amide bonds. The molecule has 0 unspecified atom stereocenters. The third-order valence-electron chi connectivity index (χ3n) is 3.10. The predicted octanol–water partition coefficient (Wildman–Crippen LogP) is 4.81. The minimum absolute atomic E-state index is 0.0185. The van der Waals surface area contributed by atoms with Gasteiger partial charge in [0.25, 0.3) is 5.91 Å². The van der Waals surface area contributed by atoms with Crippen LogP contribution in [0.2, 0.25) is 5.02 Å². The number of rotatable bonds is 5. The number of carbonyl (C=O) groups is 1. The van der Waals surface area contributed by atoms with Gasteiger partial charge in [0.05, 0.1) is 11.1 Å². The molecule has 2 aromatic carbocycles. The summed E-state index contributed by atoms with van der Waals surface area (Å²) in [6, 6.07) is 12.1. The van der Waals surface area contributed by atoms with E-state index in [1.54, 1.807) is 18.2 Å². The maximum Gasteiger partial charge on any atom is 0.266 e. The molecule has 0 aliphatic carbocycles. The molecule has 0 atom stereocenters. The maximum absolute atomic E-state index is 12.9. The SMILES string of the molecule is CC(C)Oc1ccc(/C=C(\C#N)C(=O)Nc2ccc(F)cc2)cc1Cl. The number of amides is 1. The highest BCUT2D eigenvalue weighted by Gasteiger charge is 2.11. The van der Waals surface area contributed by atoms with Crippen LogP contribution in [0.5, 0.6) is 5.75 Å². The summed E-state index contributed by atoms with van der Waals surface area (Å²) < 4.78 is 18.4. The van der Waals surface area contributed by atoms with E-state index >= 15 is 0 Å². The Labute approximate surface area is 150 Å². The van der Waals surface area contributed by atoms with E-state index in [0.717, 1.165) is 0 Å². The summed E-state index contributed by atoms with van der Waals surface area (Å²) in [5, 5.41) is 12.2. The van der Waals surface area contributed by atoms with Gasteiger partial charge in [-0.25, -0.2) is 4.39 Å². The van der Waals surface area contributed by atoms with Gasteiger partial charge in [0, 0.05) is 5.69 Å². The molecule has 1 N–H and O–H groups in total. The van der Waals surface area contributed by atoms with Crippen LogP contribution >= 0.6 is 11.6 Å². The lowest BCUT2D eigenvalue weighted by atomic mass is 10.1. The summed E-state index contributed by atoms with van der Waals surface area (Å²) in [5.74, 6) is -0.469. The number of hydrogen-bond acceptors (Lipinski definition) is 3. The summed E-state index contributed by atoms with van der Waals surface area (Å²) in [6.45, 7) is 3.77. The van der Waals surface area contributed by atoms with E-state index in [9.17, 15) is 14.4 Å². The monoisotopic (exact) mass is 358 g/mol. The Morgan fingerprint density at radius 2 is 1.96 bits per heavy atom. The van der Waals surface area contributed by atoms with Crippen molar-refractivity contribution in [3.63, 3.8) is 0 Å². The third-order valence-corrected chi connectivity index (χ3v) is 3.39. The largest absolute Gasteiger partial charge is 0.489 e. The van der Waals surface area contributed by atoms with Crippen LogP contribution in [0.4, 0.5) is 10.1 Å². The topological polar surface area (TPSA) is 62.1 Å². The fraction of sp³-hybridized carbons (Fsp3) is 0.158. The highest BCUT2D eigenvalue weighted by molar-refractivity contribution is 6.32. The van der Waals surface area contributed by atoms with Crippen molar-refractivity contribution < 1.29 is 13.9 Å². The number of halogens is 2. The molecule has 0 bridgehead atoms. The molecular formula is C19H16ClFN2O2. The molecule has 0 spiro atoms. The van der Waals surface area contributed by atoms with Gasteiger partial charge in [-0.2, -0.15) is 5.26 Å². The first-order chi connectivity index (χ1) is 11.9. The van der Waals surface area contributed by atoms with Gasteiger partial charge in [-0.15, -0.1) is 0 Å².